The maximum Gasteiger partial charge on any atom is 0.338 e. The van der Waals surface area contributed by atoms with E-state index >= 15 is 0 Å². The van der Waals surface area contributed by atoms with E-state index in [4.69, 9.17) is 9.47 Å². The number of carbonyl (C=O) groups is 2. The highest BCUT2D eigenvalue weighted by Gasteiger charge is 2.12. The van der Waals surface area contributed by atoms with Crippen LogP contribution in [-0.2, 0) is 10.5 Å². The van der Waals surface area contributed by atoms with E-state index in [1.165, 1.54) is 0 Å². The lowest BCUT2D eigenvalue weighted by molar-refractivity contribution is 0.0499. The molecule has 0 saturated carbocycles. The molecule has 0 fully saturated rings. The Morgan fingerprint density at radius 1 is 0.938 bits per heavy atom. The van der Waals surface area contributed by atoms with Crippen LogP contribution in [0.5, 0.6) is 5.75 Å². The summed E-state index contributed by atoms with van der Waals surface area (Å²) in [4.78, 5) is 25.9. The molecule has 3 aromatic carbocycles. The van der Waals surface area contributed by atoms with Crippen molar-refractivity contribution in [3.05, 3.63) is 89.5 Å². The van der Waals surface area contributed by atoms with Gasteiger partial charge in [-0.2, -0.15) is 0 Å². The fraction of sp³-hybridized carbons (Fsp3) is 0.231. The molecule has 1 amide bonds. The summed E-state index contributed by atoms with van der Waals surface area (Å²) < 4.78 is 10.7. The predicted molar refractivity (Wildman–Crippen MR) is 129 cm³/mol. The Kier molecular flexibility index (Phi) is 8.75. The number of benzene rings is 3. The van der Waals surface area contributed by atoms with E-state index in [-0.39, 0.29) is 11.9 Å². The van der Waals surface area contributed by atoms with Crippen LogP contribution in [-0.4, -0.2) is 25.6 Å². The Hall–Kier alpha value is -3.25. The van der Waals surface area contributed by atoms with E-state index in [1.807, 2.05) is 37.3 Å². The number of nitrogens with one attached hydrogen (secondary N) is 1. The van der Waals surface area contributed by atoms with Gasteiger partial charge in [-0.25, -0.2) is 4.79 Å². The number of ether oxygens (including phenoxy) is 2. The summed E-state index contributed by atoms with van der Waals surface area (Å²) in [5, 5.41) is 2.88. The quantitative estimate of drug-likeness (QED) is 0.227. The molecule has 5 nitrogen and oxygen atoms in total. The summed E-state index contributed by atoms with van der Waals surface area (Å²) in [5.74, 6) is 0.850. The molecule has 3 rings (SSSR count). The molecule has 0 heterocycles. The summed E-state index contributed by atoms with van der Waals surface area (Å²) >= 11 is 1.68. The van der Waals surface area contributed by atoms with E-state index in [0.717, 1.165) is 29.1 Å². The second-order valence-corrected chi connectivity index (χ2v) is 8.20. The number of anilines is 1. The standard InChI is InChI=1S/C26H27NO4S/c1-3-4-16-31-26(29)19-10-13-22(14-11-19)27-25(28)20-12-15-24(30-2)21(17-20)18-32-23-8-6-5-7-9-23/h5-15,17H,3-4,16,18H2,1-2H3,(H,27,28). The first kappa shape index (κ1) is 23.4. The van der Waals surface area contributed by atoms with Crippen LogP contribution in [0, 0.1) is 0 Å². The average Bonchev–Trinajstić information content (AvgIpc) is 2.83. The van der Waals surface area contributed by atoms with Gasteiger partial charge in [0, 0.05) is 27.5 Å². The molecule has 0 aliphatic rings. The number of rotatable bonds is 10. The number of amides is 1. The van der Waals surface area contributed by atoms with E-state index in [9.17, 15) is 9.59 Å². The summed E-state index contributed by atoms with van der Waals surface area (Å²) in [6, 6.07) is 22.2. The van der Waals surface area contributed by atoms with Crippen molar-refractivity contribution in [2.45, 2.75) is 30.4 Å². The van der Waals surface area contributed by atoms with E-state index in [2.05, 4.69) is 17.4 Å². The van der Waals surface area contributed by atoms with E-state index in [0.29, 0.717) is 29.2 Å². The third-order valence-corrected chi connectivity index (χ3v) is 5.85. The van der Waals surface area contributed by atoms with Gasteiger partial charge in [0.05, 0.1) is 19.3 Å². The van der Waals surface area contributed by atoms with Crippen molar-refractivity contribution in [1.82, 2.24) is 0 Å². The summed E-state index contributed by atoms with van der Waals surface area (Å²) in [6.07, 6.45) is 1.81. The van der Waals surface area contributed by atoms with Crippen molar-refractivity contribution in [3.8, 4) is 5.75 Å². The zero-order chi connectivity index (χ0) is 22.8. The Morgan fingerprint density at radius 3 is 2.34 bits per heavy atom. The molecule has 1 N–H and O–H groups in total. The Balaban J connectivity index is 1.64. The van der Waals surface area contributed by atoms with Crippen LogP contribution >= 0.6 is 11.8 Å². The minimum Gasteiger partial charge on any atom is -0.496 e. The molecule has 0 saturated heterocycles. The minimum absolute atomic E-state index is 0.225. The lowest BCUT2D eigenvalue weighted by atomic mass is 10.1. The molecule has 0 aromatic heterocycles. The lowest BCUT2D eigenvalue weighted by Gasteiger charge is -2.11. The molecular weight excluding hydrogens is 422 g/mol. The van der Waals surface area contributed by atoms with Crippen molar-refractivity contribution in [2.75, 3.05) is 19.0 Å². The van der Waals surface area contributed by atoms with Gasteiger partial charge in [-0.15, -0.1) is 11.8 Å². The third kappa shape index (κ3) is 6.62. The normalized spacial score (nSPS) is 10.4. The van der Waals surface area contributed by atoms with Gasteiger partial charge in [0.1, 0.15) is 5.75 Å². The number of thioether (sulfide) groups is 1. The van der Waals surface area contributed by atoms with Crippen molar-refractivity contribution < 1.29 is 19.1 Å². The average molecular weight is 450 g/mol. The SMILES string of the molecule is CCCCOC(=O)c1ccc(NC(=O)c2ccc(OC)c(CSc3ccccc3)c2)cc1. The minimum atomic E-state index is -0.355. The monoisotopic (exact) mass is 449 g/mol. The van der Waals surface area contributed by atoms with Gasteiger partial charge in [-0.3, -0.25) is 4.79 Å². The number of esters is 1. The molecule has 166 valence electrons. The Bertz CT molecular complexity index is 1040. The molecule has 32 heavy (non-hydrogen) atoms. The first-order chi connectivity index (χ1) is 15.6. The predicted octanol–water partition coefficient (Wildman–Crippen LogP) is 6.20. The lowest BCUT2D eigenvalue weighted by Crippen LogP contribution is -2.13. The Morgan fingerprint density at radius 2 is 1.66 bits per heavy atom. The second kappa shape index (κ2) is 12.0. The maximum absolute atomic E-state index is 12.8. The van der Waals surface area contributed by atoms with Crippen molar-refractivity contribution >= 4 is 29.3 Å². The zero-order valence-corrected chi connectivity index (χ0v) is 19.1. The molecular formula is C26H27NO4S. The number of carbonyl (C=O) groups excluding carboxylic acids is 2. The molecule has 0 aliphatic carbocycles. The molecule has 6 heteroatoms. The van der Waals surface area contributed by atoms with Gasteiger partial charge in [0.15, 0.2) is 0 Å². The molecule has 0 aliphatic heterocycles. The largest absolute Gasteiger partial charge is 0.496 e. The number of methoxy groups -OCH3 is 1. The third-order valence-electron chi connectivity index (χ3n) is 4.79. The first-order valence-electron chi connectivity index (χ1n) is 10.5. The highest BCUT2D eigenvalue weighted by Crippen LogP contribution is 2.29. The van der Waals surface area contributed by atoms with Crippen LogP contribution in [0.25, 0.3) is 0 Å². The van der Waals surface area contributed by atoms with Crippen LogP contribution in [0.4, 0.5) is 5.69 Å². The molecule has 3 aromatic rings. The van der Waals surface area contributed by atoms with Crippen LogP contribution in [0.1, 0.15) is 46.0 Å². The molecule has 0 radical (unpaired) electrons. The van der Waals surface area contributed by atoms with Crippen molar-refractivity contribution in [3.63, 3.8) is 0 Å². The van der Waals surface area contributed by atoms with Crippen LogP contribution in [0.3, 0.4) is 0 Å². The first-order valence-corrected chi connectivity index (χ1v) is 11.5. The van der Waals surface area contributed by atoms with Crippen LogP contribution in [0.15, 0.2) is 77.7 Å². The van der Waals surface area contributed by atoms with Crippen molar-refractivity contribution in [2.24, 2.45) is 0 Å². The maximum atomic E-state index is 12.8. The molecule has 0 atom stereocenters. The van der Waals surface area contributed by atoms with Gasteiger partial charge >= 0.3 is 5.97 Å². The van der Waals surface area contributed by atoms with Gasteiger partial charge in [-0.1, -0.05) is 31.5 Å². The molecule has 0 bridgehead atoms. The van der Waals surface area contributed by atoms with Gasteiger partial charge in [0.2, 0.25) is 0 Å². The van der Waals surface area contributed by atoms with E-state index < -0.39 is 0 Å². The second-order valence-electron chi connectivity index (χ2n) is 7.15. The summed E-state index contributed by atoms with van der Waals surface area (Å²) in [6.45, 7) is 2.45. The van der Waals surface area contributed by atoms with Gasteiger partial charge in [0.25, 0.3) is 5.91 Å². The number of hydrogen-bond acceptors (Lipinski definition) is 5. The topological polar surface area (TPSA) is 64.6 Å². The van der Waals surface area contributed by atoms with E-state index in [1.54, 1.807) is 49.2 Å². The molecule has 0 unspecified atom stereocenters. The van der Waals surface area contributed by atoms with Crippen LogP contribution < -0.4 is 10.1 Å². The van der Waals surface area contributed by atoms with Gasteiger partial charge < -0.3 is 14.8 Å². The smallest absolute Gasteiger partial charge is 0.338 e. The fourth-order valence-electron chi connectivity index (χ4n) is 3.00. The zero-order valence-electron chi connectivity index (χ0n) is 18.3. The number of unbranched alkanes of at least 4 members (excludes halogenated alkanes) is 1. The van der Waals surface area contributed by atoms with Crippen molar-refractivity contribution in [1.29, 1.82) is 0 Å². The molecule has 0 spiro atoms. The Labute approximate surface area is 193 Å². The summed E-state index contributed by atoms with van der Waals surface area (Å²) in [7, 11) is 1.63. The number of hydrogen-bond donors (Lipinski definition) is 1. The van der Waals surface area contributed by atoms with Gasteiger partial charge in [-0.05, 0) is 61.0 Å². The fourth-order valence-corrected chi connectivity index (χ4v) is 3.89. The highest BCUT2D eigenvalue weighted by atomic mass is 32.2. The highest BCUT2D eigenvalue weighted by molar-refractivity contribution is 7.98. The van der Waals surface area contributed by atoms with Crippen LogP contribution in [0.2, 0.25) is 0 Å². The summed E-state index contributed by atoms with van der Waals surface area (Å²) in [5.41, 5.74) is 2.55.